The summed E-state index contributed by atoms with van der Waals surface area (Å²) in [6.45, 7) is -0.270. The summed E-state index contributed by atoms with van der Waals surface area (Å²) in [4.78, 5) is 23.9. The van der Waals surface area contributed by atoms with E-state index in [-0.39, 0.29) is 6.54 Å². The SMILES string of the molecule is COC(=O)c1cc2cc(NC(=O)CN(C)S(C)(=O)=O)ccc2s1. The van der Waals surface area contributed by atoms with E-state index in [0.717, 1.165) is 20.6 Å². The van der Waals surface area contributed by atoms with Gasteiger partial charge in [0.15, 0.2) is 0 Å². The van der Waals surface area contributed by atoms with Crippen molar-refractivity contribution >= 4 is 49.0 Å². The first-order valence-electron chi connectivity index (χ1n) is 6.54. The lowest BCUT2D eigenvalue weighted by Crippen LogP contribution is -2.34. The number of methoxy groups -OCH3 is 1. The Kier molecular flexibility index (Phi) is 5.03. The van der Waals surface area contributed by atoms with E-state index in [0.29, 0.717) is 10.6 Å². The number of esters is 1. The van der Waals surface area contributed by atoms with Gasteiger partial charge >= 0.3 is 5.97 Å². The third-order valence-electron chi connectivity index (χ3n) is 3.12. The van der Waals surface area contributed by atoms with Crippen molar-refractivity contribution in [3.63, 3.8) is 0 Å². The highest BCUT2D eigenvalue weighted by molar-refractivity contribution is 7.88. The van der Waals surface area contributed by atoms with Crippen LogP contribution in [0.2, 0.25) is 0 Å². The van der Waals surface area contributed by atoms with Crippen molar-refractivity contribution in [2.75, 3.05) is 32.3 Å². The van der Waals surface area contributed by atoms with Crippen molar-refractivity contribution < 1.29 is 22.7 Å². The van der Waals surface area contributed by atoms with Crippen LogP contribution in [0.4, 0.5) is 5.69 Å². The predicted molar refractivity (Wildman–Crippen MR) is 89.3 cm³/mol. The third-order valence-corrected chi connectivity index (χ3v) is 5.48. The average molecular weight is 356 g/mol. The van der Waals surface area contributed by atoms with Gasteiger partial charge in [-0.1, -0.05) is 0 Å². The highest BCUT2D eigenvalue weighted by Gasteiger charge is 2.16. The van der Waals surface area contributed by atoms with Gasteiger partial charge in [-0.3, -0.25) is 4.79 Å². The molecule has 0 atom stereocenters. The van der Waals surface area contributed by atoms with Crippen LogP contribution in [0.15, 0.2) is 24.3 Å². The lowest BCUT2D eigenvalue weighted by molar-refractivity contribution is -0.116. The van der Waals surface area contributed by atoms with Gasteiger partial charge in [0.1, 0.15) is 4.88 Å². The monoisotopic (exact) mass is 356 g/mol. The standard InChI is InChI=1S/C14H16N2O5S2/c1-16(23(3,19)20)8-13(17)15-10-4-5-11-9(6-10)7-12(22-11)14(18)21-2/h4-7H,8H2,1-3H3,(H,15,17). The van der Waals surface area contributed by atoms with Gasteiger partial charge in [0.05, 0.1) is 19.9 Å². The van der Waals surface area contributed by atoms with E-state index in [1.807, 2.05) is 0 Å². The number of sulfonamides is 1. The summed E-state index contributed by atoms with van der Waals surface area (Å²) in [6, 6.07) is 6.88. The van der Waals surface area contributed by atoms with E-state index in [9.17, 15) is 18.0 Å². The van der Waals surface area contributed by atoms with Crippen LogP contribution in [0, 0.1) is 0 Å². The number of rotatable bonds is 5. The topological polar surface area (TPSA) is 92.8 Å². The first kappa shape index (κ1) is 17.4. The molecule has 0 unspecified atom stereocenters. The first-order valence-corrected chi connectivity index (χ1v) is 9.20. The number of hydrogen-bond acceptors (Lipinski definition) is 6. The molecule has 2 rings (SSSR count). The minimum absolute atomic E-state index is 0.270. The van der Waals surface area contributed by atoms with Gasteiger partial charge in [0.25, 0.3) is 0 Å². The van der Waals surface area contributed by atoms with Crippen molar-refractivity contribution in [2.45, 2.75) is 0 Å². The van der Waals surface area contributed by atoms with Gasteiger partial charge in [0, 0.05) is 17.4 Å². The Hall–Kier alpha value is -1.97. The van der Waals surface area contributed by atoms with E-state index in [1.165, 1.54) is 25.5 Å². The molecule has 0 radical (unpaired) electrons. The van der Waals surface area contributed by atoms with E-state index < -0.39 is 21.9 Å². The van der Waals surface area contributed by atoms with E-state index in [4.69, 9.17) is 0 Å². The molecule has 1 heterocycles. The maximum absolute atomic E-state index is 11.9. The zero-order chi connectivity index (χ0) is 17.2. The molecular weight excluding hydrogens is 340 g/mol. The van der Waals surface area contributed by atoms with Crippen molar-refractivity contribution in [3.8, 4) is 0 Å². The summed E-state index contributed by atoms with van der Waals surface area (Å²) in [6.07, 6.45) is 1.03. The minimum atomic E-state index is -3.41. The Balaban J connectivity index is 2.14. The normalized spacial score (nSPS) is 11.7. The number of ether oxygens (including phenoxy) is 1. The number of thiophene rings is 1. The molecule has 1 amide bonds. The molecule has 1 N–H and O–H groups in total. The molecule has 7 nitrogen and oxygen atoms in total. The molecule has 0 spiro atoms. The van der Waals surface area contributed by atoms with Gasteiger partial charge in [0.2, 0.25) is 15.9 Å². The molecule has 0 saturated heterocycles. The second-order valence-corrected chi connectivity index (χ2v) is 8.10. The molecule has 23 heavy (non-hydrogen) atoms. The number of benzene rings is 1. The van der Waals surface area contributed by atoms with Crippen LogP contribution in [0.1, 0.15) is 9.67 Å². The fourth-order valence-electron chi connectivity index (χ4n) is 1.84. The summed E-state index contributed by atoms with van der Waals surface area (Å²) in [5, 5.41) is 3.43. The van der Waals surface area contributed by atoms with Crippen LogP contribution in [-0.4, -0.2) is 51.6 Å². The van der Waals surface area contributed by atoms with Crippen LogP contribution < -0.4 is 5.32 Å². The van der Waals surface area contributed by atoms with E-state index in [2.05, 4.69) is 10.1 Å². The first-order chi connectivity index (χ1) is 10.7. The van der Waals surface area contributed by atoms with Gasteiger partial charge in [-0.25, -0.2) is 13.2 Å². The summed E-state index contributed by atoms with van der Waals surface area (Å²) in [7, 11) is -0.762. The zero-order valence-corrected chi connectivity index (χ0v) is 14.5. The van der Waals surface area contributed by atoms with Crippen LogP contribution in [-0.2, 0) is 19.6 Å². The Morgan fingerprint density at radius 3 is 2.61 bits per heavy atom. The predicted octanol–water partition coefficient (Wildman–Crippen LogP) is 1.52. The molecule has 2 aromatic rings. The number of carbonyl (C=O) groups excluding carboxylic acids is 2. The molecule has 0 aliphatic rings. The Bertz CT molecular complexity index is 857. The van der Waals surface area contributed by atoms with Gasteiger partial charge in [-0.2, -0.15) is 4.31 Å². The van der Waals surface area contributed by atoms with Crippen molar-refractivity contribution in [1.82, 2.24) is 4.31 Å². The number of anilines is 1. The third kappa shape index (κ3) is 4.27. The Morgan fingerprint density at radius 2 is 2.00 bits per heavy atom. The summed E-state index contributed by atoms with van der Waals surface area (Å²) < 4.78 is 29.1. The number of nitrogens with one attached hydrogen (secondary N) is 1. The number of hydrogen-bond donors (Lipinski definition) is 1. The van der Waals surface area contributed by atoms with Crippen LogP contribution in [0.25, 0.3) is 10.1 Å². The molecule has 9 heteroatoms. The molecule has 0 aliphatic carbocycles. The number of carbonyl (C=O) groups is 2. The minimum Gasteiger partial charge on any atom is -0.465 e. The smallest absolute Gasteiger partial charge is 0.348 e. The maximum Gasteiger partial charge on any atom is 0.348 e. The molecule has 0 fully saturated rings. The van der Waals surface area contributed by atoms with Gasteiger partial charge in [-0.15, -0.1) is 11.3 Å². The van der Waals surface area contributed by atoms with Crippen LogP contribution in [0.3, 0.4) is 0 Å². The van der Waals surface area contributed by atoms with Crippen molar-refractivity contribution in [3.05, 3.63) is 29.1 Å². The molecule has 0 aliphatic heterocycles. The molecule has 1 aromatic carbocycles. The van der Waals surface area contributed by atoms with Crippen LogP contribution >= 0.6 is 11.3 Å². The highest BCUT2D eigenvalue weighted by atomic mass is 32.2. The fraction of sp³-hybridized carbons (Fsp3) is 0.286. The summed E-state index contributed by atoms with van der Waals surface area (Å²) >= 11 is 1.30. The largest absolute Gasteiger partial charge is 0.465 e. The van der Waals surface area contributed by atoms with Crippen molar-refractivity contribution in [1.29, 1.82) is 0 Å². The zero-order valence-electron chi connectivity index (χ0n) is 12.8. The van der Waals surface area contributed by atoms with Crippen molar-refractivity contribution in [2.24, 2.45) is 0 Å². The second-order valence-electron chi connectivity index (χ2n) is 4.92. The lowest BCUT2D eigenvalue weighted by Gasteiger charge is -2.13. The summed E-state index contributed by atoms with van der Waals surface area (Å²) in [5.41, 5.74) is 0.526. The molecular formula is C14H16N2O5S2. The Morgan fingerprint density at radius 1 is 1.30 bits per heavy atom. The molecule has 0 bridgehead atoms. The van der Waals surface area contributed by atoms with Gasteiger partial charge < -0.3 is 10.1 Å². The summed E-state index contributed by atoms with van der Waals surface area (Å²) in [5.74, 6) is -0.854. The lowest BCUT2D eigenvalue weighted by atomic mass is 10.2. The highest BCUT2D eigenvalue weighted by Crippen LogP contribution is 2.28. The quantitative estimate of drug-likeness (QED) is 0.820. The second kappa shape index (κ2) is 6.65. The molecule has 0 saturated carbocycles. The molecule has 124 valence electrons. The fourth-order valence-corrected chi connectivity index (χ4v) is 3.16. The van der Waals surface area contributed by atoms with Gasteiger partial charge in [-0.05, 0) is 29.7 Å². The van der Waals surface area contributed by atoms with Crippen LogP contribution in [0.5, 0.6) is 0 Å². The molecule has 1 aromatic heterocycles. The number of nitrogens with zero attached hydrogens (tertiary/aromatic N) is 1. The number of amides is 1. The van der Waals surface area contributed by atoms with E-state index >= 15 is 0 Å². The maximum atomic E-state index is 11.9. The number of likely N-dealkylation sites (N-methyl/N-ethyl adjacent to an activating group) is 1. The number of fused-ring (bicyclic) bond motifs is 1. The van der Waals surface area contributed by atoms with E-state index in [1.54, 1.807) is 24.3 Å². The average Bonchev–Trinajstić information content (AvgIpc) is 2.88. The Labute approximate surface area is 137 Å².